The third-order valence-corrected chi connectivity index (χ3v) is 3.15. The predicted octanol–water partition coefficient (Wildman–Crippen LogP) is 4.88. The molecule has 2 aromatic rings. The van der Waals surface area contributed by atoms with Crippen molar-refractivity contribution in [2.75, 3.05) is 0 Å². The van der Waals surface area contributed by atoms with Crippen LogP contribution in [0.3, 0.4) is 0 Å². The van der Waals surface area contributed by atoms with Crippen LogP contribution in [0.2, 0.25) is 5.02 Å². The van der Waals surface area contributed by atoms with Crippen LogP contribution in [0.25, 0.3) is 0 Å². The monoisotopic (exact) mass is 336 g/mol. The molecule has 0 bridgehead atoms. The number of hydrogen-bond acceptors (Lipinski definition) is 2. The minimum atomic E-state index is -0.110. The van der Waals surface area contributed by atoms with Gasteiger partial charge in [0.15, 0.2) is 5.78 Å². The molecule has 0 saturated heterocycles. The number of carbonyl (C=O) groups is 1. The zero-order chi connectivity index (χ0) is 13.7. The molecule has 96 valence electrons. The van der Waals surface area contributed by atoms with Crippen molar-refractivity contribution in [3.05, 3.63) is 75.9 Å². The summed E-state index contributed by atoms with van der Waals surface area (Å²) < 4.78 is 6.24. The lowest BCUT2D eigenvalue weighted by atomic mass is 10.1. The Hall–Kier alpha value is -1.58. The van der Waals surface area contributed by atoms with E-state index < -0.39 is 0 Å². The smallest absolute Gasteiger partial charge is 0.188 e. The van der Waals surface area contributed by atoms with E-state index >= 15 is 0 Å². The van der Waals surface area contributed by atoms with Crippen LogP contribution in [0.5, 0.6) is 5.75 Å². The maximum Gasteiger partial charge on any atom is 0.188 e. The second kappa shape index (κ2) is 6.55. The van der Waals surface area contributed by atoms with Crippen molar-refractivity contribution >= 4 is 33.3 Å². The number of rotatable bonds is 4. The van der Waals surface area contributed by atoms with Crippen molar-refractivity contribution in [1.29, 1.82) is 0 Å². The van der Waals surface area contributed by atoms with Crippen LogP contribution in [0.1, 0.15) is 10.4 Å². The van der Waals surface area contributed by atoms with E-state index in [1.54, 1.807) is 36.4 Å². The minimum absolute atomic E-state index is 0.110. The molecule has 4 heteroatoms. The summed E-state index contributed by atoms with van der Waals surface area (Å²) in [6.07, 6.45) is 2.76. The summed E-state index contributed by atoms with van der Waals surface area (Å²) in [7, 11) is 0. The Morgan fingerprint density at radius 2 is 1.68 bits per heavy atom. The number of allylic oxidation sites excluding steroid dienone is 1. The van der Waals surface area contributed by atoms with Crippen molar-refractivity contribution in [2.24, 2.45) is 0 Å². The van der Waals surface area contributed by atoms with Gasteiger partial charge < -0.3 is 4.74 Å². The maximum atomic E-state index is 11.8. The van der Waals surface area contributed by atoms with Crippen molar-refractivity contribution in [2.45, 2.75) is 0 Å². The highest BCUT2D eigenvalue weighted by Gasteiger charge is 2.00. The predicted molar refractivity (Wildman–Crippen MR) is 79.7 cm³/mol. The van der Waals surface area contributed by atoms with Crippen LogP contribution >= 0.6 is 27.5 Å². The number of ketones is 1. The Balaban J connectivity index is 1.97. The summed E-state index contributed by atoms with van der Waals surface area (Å²) >= 11 is 9.08. The van der Waals surface area contributed by atoms with Gasteiger partial charge in [-0.3, -0.25) is 4.79 Å². The summed E-state index contributed by atoms with van der Waals surface area (Å²) in [5.41, 5.74) is 0.610. The van der Waals surface area contributed by atoms with E-state index in [2.05, 4.69) is 15.9 Å². The Morgan fingerprint density at radius 1 is 1.05 bits per heavy atom. The second-order valence-electron chi connectivity index (χ2n) is 3.75. The Morgan fingerprint density at radius 3 is 2.32 bits per heavy atom. The lowest BCUT2D eigenvalue weighted by Crippen LogP contribution is -1.94. The quantitative estimate of drug-likeness (QED) is 0.451. The molecule has 0 amide bonds. The molecule has 0 radical (unpaired) electrons. The fourth-order valence-corrected chi connectivity index (χ4v) is 1.79. The molecule has 2 nitrogen and oxygen atoms in total. The van der Waals surface area contributed by atoms with Gasteiger partial charge in [-0.2, -0.15) is 0 Å². The summed E-state index contributed by atoms with van der Waals surface area (Å²) in [5, 5.41) is 0.641. The molecule has 2 aromatic carbocycles. The molecule has 0 saturated carbocycles. The second-order valence-corrected chi connectivity index (χ2v) is 5.10. The van der Waals surface area contributed by atoms with Crippen LogP contribution in [0, 0.1) is 0 Å². The molecule has 0 aliphatic rings. The van der Waals surface area contributed by atoms with Gasteiger partial charge >= 0.3 is 0 Å². The van der Waals surface area contributed by atoms with Gasteiger partial charge in [-0.05, 0) is 48.5 Å². The number of benzene rings is 2. The number of halogens is 2. The molecule has 19 heavy (non-hydrogen) atoms. The SMILES string of the molecule is O=C(/C=C/Oc1ccc(Cl)cc1)c1ccc(Br)cc1. The molecule has 0 spiro atoms. The van der Waals surface area contributed by atoms with Crippen LogP contribution in [-0.2, 0) is 0 Å². The van der Waals surface area contributed by atoms with Crippen molar-refractivity contribution in [3.8, 4) is 5.75 Å². The highest BCUT2D eigenvalue weighted by Crippen LogP contribution is 2.16. The zero-order valence-corrected chi connectivity index (χ0v) is 12.2. The average molecular weight is 338 g/mol. The van der Waals surface area contributed by atoms with Gasteiger partial charge in [0.2, 0.25) is 0 Å². The standard InChI is InChI=1S/C15H10BrClO2/c16-12-3-1-11(2-4-12)15(18)9-10-19-14-7-5-13(17)6-8-14/h1-10H/b10-9+. The van der Waals surface area contributed by atoms with E-state index in [4.69, 9.17) is 16.3 Å². The maximum absolute atomic E-state index is 11.8. The summed E-state index contributed by atoms with van der Waals surface area (Å²) in [5.74, 6) is 0.519. The van der Waals surface area contributed by atoms with Gasteiger partial charge in [-0.25, -0.2) is 0 Å². The fourth-order valence-electron chi connectivity index (χ4n) is 1.40. The molecule has 0 fully saturated rings. The highest BCUT2D eigenvalue weighted by atomic mass is 79.9. The van der Waals surface area contributed by atoms with Crippen LogP contribution in [0.15, 0.2) is 65.3 Å². The summed E-state index contributed by atoms with van der Waals surface area (Å²) in [6, 6.07) is 14.1. The Labute approximate surface area is 124 Å². The molecular formula is C15H10BrClO2. The third-order valence-electron chi connectivity index (χ3n) is 2.37. The lowest BCUT2D eigenvalue weighted by Gasteiger charge is -1.99. The molecule has 0 aliphatic carbocycles. The first kappa shape index (κ1) is 13.8. The molecule has 0 N–H and O–H groups in total. The van der Waals surface area contributed by atoms with Crippen LogP contribution in [0.4, 0.5) is 0 Å². The molecule has 0 aromatic heterocycles. The van der Waals surface area contributed by atoms with Crippen molar-refractivity contribution in [3.63, 3.8) is 0 Å². The lowest BCUT2D eigenvalue weighted by molar-refractivity contribution is 0.104. The normalized spacial score (nSPS) is 10.6. The summed E-state index contributed by atoms with van der Waals surface area (Å²) in [4.78, 5) is 11.8. The largest absolute Gasteiger partial charge is 0.465 e. The Kier molecular flexibility index (Phi) is 4.77. The van der Waals surface area contributed by atoms with Gasteiger partial charge in [-0.15, -0.1) is 0 Å². The Bertz CT molecular complexity index is 589. The van der Waals surface area contributed by atoms with E-state index in [9.17, 15) is 4.79 Å². The molecular weight excluding hydrogens is 328 g/mol. The van der Waals surface area contributed by atoms with E-state index in [1.807, 2.05) is 12.1 Å². The average Bonchev–Trinajstić information content (AvgIpc) is 2.41. The molecule has 2 rings (SSSR count). The number of carbonyl (C=O) groups excluding carboxylic acids is 1. The van der Waals surface area contributed by atoms with Crippen molar-refractivity contribution < 1.29 is 9.53 Å². The van der Waals surface area contributed by atoms with Gasteiger partial charge in [0.05, 0.1) is 6.26 Å². The third kappa shape index (κ3) is 4.23. The van der Waals surface area contributed by atoms with Gasteiger partial charge in [-0.1, -0.05) is 27.5 Å². The van der Waals surface area contributed by atoms with Gasteiger partial charge in [0.1, 0.15) is 5.75 Å². The summed E-state index contributed by atoms with van der Waals surface area (Å²) in [6.45, 7) is 0. The van der Waals surface area contributed by atoms with E-state index in [0.29, 0.717) is 16.3 Å². The number of hydrogen-bond donors (Lipinski definition) is 0. The van der Waals surface area contributed by atoms with E-state index in [-0.39, 0.29) is 5.78 Å². The molecule has 0 aliphatic heterocycles. The van der Waals surface area contributed by atoms with Crippen LogP contribution < -0.4 is 4.74 Å². The molecule has 0 unspecified atom stereocenters. The van der Waals surface area contributed by atoms with E-state index in [0.717, 1.165) is 4.47 Å². The first-order valence-corrected chi connectivity index (χ1v) is 6.71. The first-order chi connectivity index (χ1) is 9.15. The van der Waals surface area contributed by atoms with E-state index in [1.165, 1.54) is 12.3 Å². The number of ether oxygens (including phenoxy) is 1. The van der Waals surface area contributed by atoms with Gasteiger partial charge in [0.25, 0.3) is 0 Å². The zero-order valence-electron chi connectivity index (χ0n) is 9.85. The van der Waals surface area contributed by atoms with Crippen molar-refractivity contribution in [1.82, 2.24) is 0 Å². The molecule has 0 heterocycles. The van der Waals surface area contributed by atoms with Gasteiger partial charge in [0, 0.05) is 21.1 Å². The molecule has 0 atom stereocenters. The first-order valence-electron chi connectivity index (χ1n) is 5.54. The fraction of sp³-hybridized carbons (Fsp3) is 0. The topological polar surface area (TPSA) is 26.3 Å². The minimum Gasteiger partial charge on any atom is -0.465 e. The van der Waals surface area contributed by atoms with Crippen LogP contribution in [-0.4, -0.2) is 5.78 Å². The highest BCUT2D eigenvalue weighted by molar-refractivity contribution is 9.10.